The molecule has 5 nitrogen and oxygen atoms in total. The molecule has 146 valence electrons. The molecule has 0 spiro atoms. The van der Waals surface area contributed by atoms with E-state index in [1.54, 1.807) is 6.07 Å². The third kappa shape index (κ3) is 6.72. The number of hydrogen-bond acceptors (Lipinski definition) is 3. The number of nitrogens with one attached hydrogen (secondary N) is 1. The lowest BCUT2D eigenvalue weighted by Gasteiger charge is -2.24. The molecule has 0 saturated heterocycles. The highest BCUT2D eigenvalue weighted by molar-refractivity contribution is 7.92. The topological polar surface area (TPSA) is 66.5 Å². The van der Waals surface area contributed by atoms with Crippen molar-refractivity contribution in [2.45, 2.75) is 25.8 Å². The Bertz CT molecular complexity index is 889. The Morgan fingerprint density at radius 1 is 1.15 bits per heavy atom. The maximum atomic E-state index is 12.4. The molecular weight excluding hydrogens is 407 g/mol. The third-order valence-electron chi connectivity index (χ3n) is 3.98. The van der Waals surface area contributed by atoms with Gasteiger partial charge in [0.05, 0.1) is 17.0 Å². The summed E-state index contributed by atoms with van der Waals surface area (Å²) in [5, 5.41) is 3.37. The van der Waals surface area contributed by atoms with E-state index < -0.39 is 15.9 Å². The highest BCUT2D eigenvalue weighted by Gasteiger charge is 2.24. The van der Waals surface area contributed by atoms with Crippen LogP contribution in [0.4, 0.5) is 5.69 Å². The summed E-state index contributed by atoms with van der Waals surface area (Å²) in [7, 11) is -3.71. The quantitative estimate of drug-likeness (QED) is 0.692. The number of halogens is 2. The molecule has 8 heteroatoms. The van der Waals surface area contributed by atoms with Crippen LogP contribution in [0.5, 0.6) is 0 Å². The van der Waals surface area contributed by atoms with Crippen LogP contribution < -0.4 is 9.62 Å². The SMILES string of the molecule is C[C@H](CCc1ccccc1)NC(=O)CN(c1cc(Cl)ccc1Cl)S(C)(=O)=O. The summed E-state index contributed by atoms with van der Waals surface area (Å²) >= 11 is 12.1. The number of sulfonamides is 1. The first kappa shape index (κ1) is 21.5. The van der Waals surface area contributed by atoms with Crippen LogP contribution in [0.3, 0.4) is 0 Å². The van der Waals surface area contributed by atoms with E-state index in [-0.39, 0.29) is 23.3 Å². The molecule has 0 heterocycles. The van der Waals surface area contributed by atoms with Crippen LogP contribution in [0.2, 0.25) is 10.0 Å². The van der Waals surface area contributed by atoms with Gasteiger partial charge in [-0.2, -0.15) is 0 Å². The van der Waals surface area contributed by atoms with Gasteiger partial charge in [0.2, 0.25) is 15.9 Å². The van der Waals surface area contributed by atoms with Crippen molar-refractivity contribution < 1.29 is 13.2 Å². The van der Waals surface area contributed by atoms with Crippen LogP contribution in [0.15, 0.2) is 48.5 Å². The molecule has 0 aliphatic heterocycles. The number of benzene rings is 2. The van der Waals surface area contributed by atoms with Crippen molar-refractivity contribution in [3.05, 3.63) is 64.1 Å². The molecule has 2 aromatic rings. The Morgan fingerprint density at radius 2 is 1.81 bits per heavy atom. The van der Waals surface area contributed by atoms with Gasteiger partial charge in [-0.25, -0.2) is 8.42 Å². The molecule has 0 aliphatic carbocycles. The Hall–Kier alpha value is -1.76. The molecule has 0 saturated carbocycles. The first-order valence-corrected chi connectivity index (χ1v) is 11.0. The number of carbonyl (C=O) groups excluding carboxylic acids is 1. The summed E-state index contributed by atoms with van der Waals surface area (Å²) in [5.74, 6) is -0.406. The van der Waals surface area contributed by atoms with Gasteiger partial charge < -0.3 is 5.32 Å². The minimum Gasteiger partial charge on any atom is -0.352 e. The molecule has 1 amide bonds. The van der Waals surface area contributed by atoms with Gasteiger partial charge in [-0.1, -0.05) is 53.5 Å². The van der Waals surface area contributed by atoms with Crippen LogP contribution in [-0.2, 0) is 21.2 Å². The molecule has 1 N–H and O–H groups in total. The van der Waals surface area contributed by atoms with E-state index in [1.807, 2.05) is 37.3 Å². The number of amides is 1. The number of hydrogen-bond donors (Lipinski definition) is 1. The molecule has 0 radical (unpaired) electrons. The van der Waals surface area contributed by atoms with Gasteiger partial charge in [-0.05, 0) is 43.5 Å². The first-order chi connectivity index (χ1) is 12.7. The lowest BCUT2D eigenvalue weighted by Crippen LogP contribution is -2.43. The van der Waals surface area contributed by atoms with Crippen molar-refractivity contribution >= 4 is 44.8 Å². The van der Waals surface area contributed by atoms with Crippen LogP contribution in [0, 0.1) is 0 Å². The highest BCUT2D eigenvalue weighted by Crippen LogP contribution is 2.30. The van der Waals surface area contributed by atoms with Crippen molar-refractivity contribution in [2.75, 3.05) is 17.1 Å². The number of carbonyl (C=O) groups is 1. The Kier molecular flexibility index (Phi) is 7.53. The van der Waals surface area contributed by atoms with E-state index in [0.29, 0.717) is 5.02 Å². The molecule has 27 heavy (non-hydrogen) atoms. The van der Waals surface area contributed by atoms with Gasteiger partial charge in [0.15, 0.2) is 0 Å². The van der Waals surface area contributed by atoms with Crippen LogP contribution in [-0.4, -0.2) is 33.2 Å². The number of rotatable bonds is 8. The second-order valence-corrected chi connectivity index (χ2v) is 9.11. The summed E-state index contributed by atoms with van der Waals surface area (Å²) in [6, 6.07) is 14.3. The average molecular weight is 429 g/mol. The fourth-order valence-corrected chi connectivity index (χ4v) is 3.91. The summed E-state index contributed by atoms with van der Waals surface area (Å²) < 4.78 is 25.3. The number of anilines is 1. The zero-order valence-electron chi connectivity index (χ0n) is 15.2. The molecular formula is C19H22Cl2N2O3S. The molecule has 2 rings (SSSR count). The van der Waals surface area contributed by atoms with E-state index in [2.05, 4.69) is 5.32 Å². The van der Waals surface area contributed by atoms with E-state index in [1.165, 1.54) is 17.7 Å². The molecule has 0 aromatic heterocycles. The Labute approximate surface area is 170 Å². The predicted octanol–water partition coefficient (Wildman–Crippen LogP) is 3.90. The average Bonchev–Trinajstić information content (AvgIpc) is 2.60. The van der Waals surface area contributed by atoms with Crippen molar-refractivity contribution in [1.82, 2.24) is 5.32 Å². The van der Waals surface area contributed by atoms with E-state index in [9.17, 15) is 13.2 Å². The summed E-state index contributed by atoms with van der Waals surface area (Å²) in [5.41, 5.74) is 1.36. The van der Waals surface area contributed by atoms with Crippen molar-refractivity contribution in [3.8, 4) is 0 Å². The highest BCUT2D eigenvalue weighted by atomic mass is 35.5. The molecule has 0 bridgehead atoms. The minimum absolute atomic E-state index is 0.103. The molecule has 1 atom stereocenters. The zero-order valence-corrected chi connectivity index (χ0v) is 17.5. The van der Waals surface area contributed by atoms with Gasteiger partial charge in [-0.3, -0.25) is 9.10 Å². The maximum absolute atomic E-state index is 12.4. The second kappa shape index (κ2) is 9.44. The Balaban J connectivity index is 2.02. The second-order valence-electron chi connectivity index (χ2n) is 6.36. The standard InChI is InChI=1S/C19H22Cl2N2O3S/c1-14(8-9-15-6-4-3-5-7-15)22-19(24)13-23(27(2,25)26)18-12-16(20)10-11-17(18)21/h3-7,10-12,14H,8-9,13H2,1-2H3,(H,22,24)/t14-/m1/s1. The predicted molar refractivity (Wildman–Crippen MR) is 111 cm³/mol. The molecule has 0 fully saturated rings. The smallest absolute Gasteiger partial charge is 0.240 e. The summed E-state index contributed by atoms with van der Waals surface area (Å²) in [4.78, 5) is 12.4. The van der Waals surface area contributed by atoms with Crippen molar-refractivity contribution in [3.63, 3.8) is 0 Å². The third-order valence-corrected chi connectivity index (χ3v) is 5.66. The summed E-state index contributed by atoms with van der Waals surface area (Å²) in [6.45, 7) is 1.52. The van der Waals surface area contributed by atoms with Gasteiger partial charge in [0, 0.05) is 11.1 Å². The lowest BCUT2D eigenvalue weighted by molar-refractivity contribution is -0.120. The van der Waals surface area contributed by atoms with Gasteiger partial charge in [0.1, 0.15) is 6.54 Å². The van der Waals surface area contributed by atoms with Gasteiger partial charge in [0.25, 0.3) is 0 Å². The molecule has 2 aromatic carbocycles. The number of nitrogens with zero attached hydrogens (tertiary/aromatic N) is 1. The monoisotopic (exact) mass is 428 g/mol. The van der Waals surface area contributed by atoms with Crippen molar-refractivity contribution in [1.29, 1.82) is 0 Å². The van der Waals surface area contributed by atoms with Crippen LogP contribution >= 0.6 is 23.2 Å². The first-order valence-electron chi connectivity index (χ1n) is 8.43. The van der Waals surface area contributed by atoms with E-state index in [0.717, 1.165) is 23.4 Å². The van der Waals surface area contributed by atoms with E-state index >= 15 is 0 Å². The zero-order chi connectivity index (χ0) is 20.0. The number of aryl methyl sites for hydroxylation is 1. The van der Waals surface area contributed by atoms with Crippen LogP contribution in [0.1, 0.15) is 18.9 Å². The fraction of sp³-hybridized carbons (Fsp3) is 0.316. The lowest BCUT2D eigenvalue weighted by atomic mass is 10.1. The van der Waals surface area contributed by atoms with Crippen molar-refractivity contribution in [2.24, 2.45) is 0 Å². The largest absolute Gasteiger partial charge is 0.352 e. The Morgan fingerprint density at radius 3 is 2.44 bits per heavy atom. The fourth-order valence-electron chi connectivity index (χ4n) is 2.61. The molecule has 0 unspecified atom stereocenters. The summed E-state index contributed by atoms with van der Waals surface area (Å²) in [6.07, 6.45) is 2.58. The minimum atomic E-state index is -3.71. The van der Waals surface area contributed by atoms with Gasteiger partial charge >= 0.3 is 0 Å². The van der Waals surface area contributed by atoms with Gasteiger partial charge in [-0.15, -0.1) is 0 Å². The normalized spacial score (nSPS) is 12.4. The van der Waals surface area contributed by atoms with Crippen LogP contribution in [0.25, 0.3) is 0 Å². The maximum Gasteiger partial charge on any atom is 0.240 e. The molecule has 0 aliphatic rings. The van der Waals surface area contributed by atoms with E-state index in [4.69, 9.17) is 23.2 Å².